The normalized spacial score (nSPS) is 11.5. The Kier molecular flexibility index (Phi) is 7.45. The number of nitrogens with one attached hydrogen (secondary N) is 1. The molecular formula is C9H22NO2+. The standard InChI is InChI=1S/C9H21NO2/c1-9(2)10(5-3-7-11)6-4-8-12/h9,11-12H,3-8H2,1-2H3/p+1. The van der Waals surface area contributed by atoms with Gasteiger partial charge < -0.3 is 15.1 Å². The molecule has 0 atom stereocenters. The molecule has 0 aromatic rings. The number of hydrogen-bond donors (Lipinski definition) is 3. The fourth-order valence-corrected chi connectivity index (χ4v) is 1.31. The summed E-state index contributed by atoms with van der Waals surface area (Å²) in [7, 11) is 0. The molecule has 0 amide bonds. The van der Waals surface area contributed by atoms with Crippen LogP contribution in [0.1, 0.15) is 26.7 Å². The lowest BCUT2D eigenvalue weighted by Gasteiger charge is -2.22. The molecule has 12 heavy (non-hydrogen) atoms. The van der Waals surface area contributed by atoms with Gasteiger partial charge in [0, 0.05) is 26.1 Å². The fourth-order valence-electron chi connectivity index (χ4n) is 1.31. The summed E-state index contributed by atoms with van der Waals surface area (Å²) in [4.78, 5) is 1.47. The molecule has 0 aromatic carbocycles. The number of rotatable bonds is 7. The zero-order chi connectivity index (χ0) is 9.40. The van der Waals surface area contributed by atoms with Gasteiger partial charge in [-0.2, -0.15) is 0 Å². The first-order chi connectivity index (χ1) is 5.72. The minimum absolute atomic E-state index is 0.273. The highest BCUT2D eigenvalue weighted by Crippen LogP contribution is 1.76. The number of hydrogen-bond acceptors (Lipinski definition) is 2. The highest BCUT2D eigenvalue weighted by atomic mass is 16.3. The molecule has 0 aliphatic rings. The van der Waals surface area contributed by atoms with Gasteiger partial charge in [-0.3, -0.25) is 0 Å². The van der Waals surface area contributed by atoms with Crippen molar-refractivity contribution >= 4 is 0 Å². The van der Waals surface area contributed by atoms with E-state index >= 15 is 0 Å². The van der Waals surface area contributed by atoms with Crippen molar-refractivity contribution in [1.29, 1.82) is 0 Å². The van der Waals surface area contributed by atoms with Gasteiger partial charge in [0.15, 0.2) is 0 Å². The fraction of sp³-hybridized carbons (Fsp3) is 1.00. The van der Waals surface area contributed by atoms with Crippen molar-refractivity contribution in [2.45, 2.75) is 32.7 Å². The molecule has 0 bridgehead atoms. The van der Waals surface area contributed by atoms with Gasteiger partial charge in [-0.15, -0.1) is 0 Å². The van der Waals surface area contributed by atoms with E-state index < -0.39 is 0 Å². The van der Waals surface area contributed by atoms with Gasteiger partial charge in [-0.05, 0) is 13.8 Å². The third-order valence-corrected chi connectivity index (χ3v) is 2.13. The molecule has 0 aliphatic carbocycles. The van der Waals surface area contributed by atoms with Crippen LogP contribution in [0, 0.1) is 0 Å². The van der Waals surface area contributed by atoms with E-state index in [0.717, 1.165) is 25.9 Å². The average Bonchev–Trinajstić information content (AvgIpc) is 2.04. The Morgan fingerprint density at radius 3 is 1.67 bits per heavy atom. The van der Waals surface area contributed by atoms with Crippen LogP contribution in [0.4, 0.5) is 0 Å². The number of quaternary nitrogens is 1. The van der Waals surface area contributed by atoms with Crippen molar-refractivity contribution in [3.63, 3.8) is 0 Å². The maximum atomic E-state index is 8.66. The van der Waals surface area contributed by atoms with Crippen LogP contribution in [0.15, 0.2) is 0 Å². The maximum absolute atomic E-state index is 8.66. The summed E-state index contributed by atoms with van der Waals surface area (Å²) in [6, 6.07) is 0.586. The molecule has 74 valence electrons. The van der Waals surface area contributed by atoms with Gasteiger partial charge in [-0.1, -0.05) is 0 Å². The van der Waals surface area contributed by atoms with Gasteiger partial charge in [-0.25, -0.2) is 0 Å². The smallest absolute Gasteiger partial charge is 0.0817 e. The van der Waals surface area contributed by atoms with E-state index in [-0.39, 0.29) is 13.2 Å². The van der Waals surface area contributed by atoms with E-state index in [1.54, 1.807) is 0 Å². The molecule has 0 spiro atoms. The van der Waals surface area contributed by atoms with Crippen molar-refractivity contribution < 1.29 is 15.1 Å². The first-order valence-electron chi connectivity index (χ1n) is 4.78. The minimum atomic E-state index is 0.273. The van der Waals surface area contributed by atoms with Crippen molar-refractivity contribution in [1.82, 2.24) is 0 Å². The van der Waals surface area contributed by atoms with Crippen molar-refractivity contribution in [2.75, 3.05) is 26.3 Å². The van der Waals surface area contributed by atoms with Crippen LogP contribution in [0.2, 0.25) is 0 Å². The highest BCUT2D eigenvalue weighted by molar-refractivity contribution is 4.39. The first-order valence-corrected chi connectivity index (χ1v) is 4.78. The van der Waals surface area contributed by atoms with Crippen LogP contribution in [0.3, 0.4) is 0 Å². The number of aliphatic hydroxyl groups excluding tert-OH is 2. The van der Waals surface area contributed by atoms with E-state index in [2.05, 4.69) is 13.8 Å². The summed E-state index contributed by atoms with van der Waals surface area (Å²) in [5, 5.41) is 17.3. The molecule has 0 rings (SSSR count). The Hall–Kier alpha value is -0.120. The van der Waals surface area contributed by atoms with E-state index in [1.807, 2.05) is 0 Å². The summed E-state index contributed by atoms with van der Waals surface area (Å²) < 4.78 is 0. The van der Waals surface area contributed by atoms with Crippen LogP contribution in [0.25, 0.3) is 0 Å². The van der Waals surface area contributed by atoms with E-state index in [4.69, 9.17) is 10.2 Å². The Labute approximate surface area is 75.0 Å². The van der Waals surface area contributed by atoms with Crippen LogP contribution in [-0.4, -0.2) is 42.6 Å². The first kappa shape index (κ1) is 11.9. The summed E-state index contributed by atoms with van der Waals surface area (Å²) in [5.74, 6) is 0. The summed E-state index contributed by atoms with van der Waals surface area (Å²) in [6.07, 6.45) is 1.72. The lowest BCUT2D eigenvalue weighted by molar-refractivity contribution is -0.922. The quantitative estimate of drug-likeness (QED) is 0.468. The monoisotopic (exact) mass is 176 g/mol. The van der Waals surface area contributed by atoms with Crippen LogP contribution in [-0.2, 0) is 0 Å². The lowest BCUT2D eigenvalue weighted by atomic mass is 10.2. The lowest BCUT2D eigenvalue weighted by Crippen LogP contribution is -3.15. The molecule has 0 radical (unpaired) electrons. The summed E-state index contributed by atoms with van der Waals surface area (Å²) in [5.41, 5.74) is 0. The zero-order valence-corrected chi connectivity index (χ0v) is 8.21. The molecule has 0 saturated heterocycles. The predicted octanol–water partition coefficient (Wildman–Crippen LogP) is -0.955. The molecule has 3 heteroatoms. The van der Waals surface area contributed by atoms with Crippen molar-refractivity contribution in [2.24, 2.45) is 0 Å². The van der Waals surface area contributed by atoms with Gasteiger partial charge >= 0.3 is 0 Å². The molecule has 3 N–H and O–H groups in total. The zero-order valence-electron chi connectivity index (χ0n) is 8.21. The predicted molar refractivity (Wildman–Crippen MR) is 49.2 cm³/mol. The molecule has 3 nitrogen and oxygen atoms in total. The molecule has 0 aromatic heterocycles. The largest absolute Gasteiger partial charge is 0.396 e. The SMILES string of the molecule is CC(C)[NH+](CCCO)CCCO. The molecule has 0 aliphatic heterocycles. The second-order valence-corrected chi connectivity index (χ2v) is 3.47. The molecular weight excluding hydrogens is 154 g/mol. The topological polar surface area (TPSA) is 44.9 Å². The van der Waals surface area contributed by atoms with Gasteiger partial charge in [0.25, 0.3) is 0 Å². The van der Waals surface area contributed by atoms with Crippen LogP contribution >= 0.6 is 0 Å². The van der Waals surface area contributed by atoms with Gasteiger partial charge in [0.1, 0.15) is 0 Å². The van der Waals surface area contributed by atoms with E-state index in [9.17, 15) is 0 Å². The maximum Gasteiger partial charge on any atom is 0.0817 e. The second kappa shape index (κ2) is 7.53. The van der Waals surface area contributed by atoms with E-state index in [1.165, 1.54) is 4.90 Å². The van der Waals surface area contributed by atoms with Crippen molar-refractivity contribution in [3.05, 3.63) is 0 Å². The Bertz CT molecular complexity index is 88.5. The van der Waals surface area contributed by atoms with Crippen LogP contribution < -0.4 is 4.90 Å². The minimum Gasteiger partial charge on any atom is -0.396 e. The Balaban J connectivity index is 3.55. The third kappa shape index (κ3) is 5.52. The Morgan fingerprint density at radius 2 is 1.42 bits per heavy atom. The average molecular weight is 176 g/mol. The third-order valence-electron chi connectivity index (χ3n) is 2.13. The van der Waals surface area contributed by atoms with Gasteiger partial charge in [0.05, 0.1) is 19.1 Å². The summed E-state index contributed by atoms with van der Waals surface area (Å²) >= 11 is 0. The Morgan fingerprint density at radius 1 is 1.00 bits per heavy atom. The molecule has 0 saturated carbocycles. The van der Waals surface area contributed by atoms with Crippen LogP contribution in [0.5, 0.6) is 0 Å². The number of aliphatic hydroxyl groups is 2. The second-order valence-electron chi connectivity index (χ2n) is 3.47. The summed E-state index contributed by atoms with van der Waals surface area (Å²) in [6.45, 7) is 6.90. The van der Waals surface area contributed by atoms with E-state index in [0.29, 0.717) is 6.04 Å². The van der Waals surface area contributed by atoms with Crippen molar-refractivity contribution in [3.8, 4) is 0 Å². The highest BCUT2D eigenvalue weighted by Gasteiger charge is 2.10. The molecule has 0 unspecified atom stereocenters. The molecule has 0 fully saturated rings. The van der Waals surface area contributed by atoms with Gasteiger partial charge in [0.2, 0.25) is 0 Å². The molecule has 0 heterocycles.